The minimum atomic E-state index is 0.253. The largest absolute Gasteiger partial charge is 0.271 e. The lowest BCUT2D eigenvalue weighted by Gasteiger charge is -2.26. The van der Waals surface area contributed by atoms with E-state index in [1.165, 1.54) is 17.5 Å². The molecule has 3 N–H and O–H groups in total. The molecule has 0 amide bonds. The van der Waals surface area contributed by atoms with E-state index in [-0.39, 0.29) is 6.04 Å². The molecule has 0 aliphatic heterocycles. The van der Waals surface area contributed by atoms with Crippen molar-refractivity contribution in [3.05, 3.63) is 35.4 Å². The standard InChI is InChI=1S/C17H30N2/c1-6-14-7-9-15(10-8-14)16(19-18)11-13(2)12-17(3,4)5/h7-10,13,16,19H,6,11-12,18H2,1-5H3. The van der Waals surface area contributed by atoms with E-state index in [2.05, 4.69) is 64.3 Å². The second-order valence-electron chi connectivity index (χ2n) is 6.92. The van der Waals surface area contributed by atoms with E-state index >= 15 is 0 Å². The molecule has 0 fully saturated rings. The zero-order valence-corrected chi connectivity index (χ0v) is 13.2. The number of hydrazine groups is 1. The first kappa shape index (κ1) is 16.2. The number of nitrogens with one attached hydrogen (secondary N) is 1. The van der Waals surface area contributed by atoms with E-state index in [0.29, 0.717) is 11.3 Å². The van der Waals surface area contributed by atoms with Crippen LogP contribution in [0.1, 0.15) is 64.6 Å². The Bertz CT molecular complexity index is 362. The van der Waals surface area contributed by atoms with E-state index in [9.17, 15) is 0 Å². The monoisotopic (exact) mass is 262 g/mol. The summed E-state index contributed by atoms with van der Waals surface area (Å²) in [7, 11) is 0. The van der Waals surface area contributed by atoms with Crippen LogP contribution >= 0.6 is 0 Å². The first-order valence-electron chi connectivity index (χ1n) is 7.40. The van der Waals surface area contributed by atoms with Gasteiger partial charge in [-0.2, -0.15) is 0 Å². The highest BCUT2D eigenvalue weighted by Crippen LogP contribution is 2.30. The van der Waals surface area contributed by atoms with Crippen molar-refractivity contribution in [3.63, 3.8) is 0 Å². The minimum absolute atomic E-state index is 0.253. The third kappa shape index (κ3) is 5.75. The number of aryl methyl sites for hydroxylation is 1. The fourth-order valence-electron chi connectivity index (χ4n) is 2.82. The van der Waals surface area contributed by atoms with Crippen LogP contribution in [0.3, 0.4) is 0 Å². The lowest BCUT2D eigenvalue weighted by Crippen LogP contribution is -2.30. The summed E-state index contributed by atoms with van der Waals surface area (Å²) in [6, 6.07) is 9.06. The Morgan fingerprint density at radius 1 is 1.16 bits per heavy atom. The molecule has 1 aromatic rings. The van der Waals surface area contributed by atoms with Gasteiger partial charge in [0.15, 0.2) is 0 Å². The molecule has 0 heterocycles. The first-order chi connectivity index (χ1) is 8.85. The summed E-state index contributed by atoms with van der Waals surface area (Å²) in [5.74, 6) is 6.40. The van der Waals surface area contributed by atoms with Crippen molar-refractivity contribution in [2.24, 2.45) is 17.2 Å². The van der Waals surface area contributed by atoms with Crippen molar-refractivity contribution in [1.29, 1.82) is 0 Å². The first-order valence-corrected chi connectivity index (χ1v) is 7.40. The molecule has 2 atom stereocenters. The molecule has 0 aliphatic rings. The van der Waals surface area contributed by atoms with Gasteiger partial charge >= 0.3 is 0 Å². The van der Waals surface area contributed by atoms with Crippen molar-refractivity contribution >= 4 is 0 Å². The number of nitrogens with two attached hydrogens (primary N) is 1. The van der Waals surface area contributed by atoms with Gasteiger partial charge in [-0.15, -0.1) is 0 Å². The predicted molar refractivity (Wildman–Crippen MR) is 83.7 cm³/mol. The van der Waals surface area contributed by atoms with E-state index in [1.54, 1.807) is 0 Å². The van der Waals surface area contributed by atoms with E-state index in [4.69, 9.17) is 5.84 Å². The lowest BCUT2D eigenvalue weighted by molar-refractivity contribution is 0.276. The highest BCUT2D eigenvalue weighted by atomic mass is 15.2. The smallest absolute Gasteiger partial charge is 0.0462 e. The van der Waals surface area contributed by atoms with Crippen LogP contribution in [-0.2, 0) is 6.42 Å². The number of benzene rings is 1. The van der Waals surface area contributed by atoms with Crippen LogP contribution in [-0.4, -0.2) is 0 Å². The number of hydrogen-bond acceptors (Lipinski definition) is 2. The molecule has 108 valence electrons. The summed E-state index contributed by atoms with van der Waals surface area (Å²) in [6.45, 7) is 11.4. The van der Waals surface area contributed by atoms with Gasteiger partial charge in [0, 0.05) is 6.04 Å². The van der Waals surface area contributed by atoms with Gasteiger partial charge in [0.2, 0.25) is 0 Å². The maximum absolute atomic E-state index is 5.74. The van der Waals surface area contributed by atoms with E-state index < -0.39 is 0 Å². The van der Waals surface area contributed by atoms with Gasteiger partial charge < -0.3 is 0 Å². The predicted octanol–water partition coefficient (Wildman–Crippen LogP) is 4.22. The zero-order chi connectivity index (χ0) is 14.5. The Hall–Kier alpha value is -0.860. The molecule has 2 heteroatoms. The lowest BCUT2D eigenvalue weighted by atomic mass is 9.82. The van der Waals surface area contributed by atoms with Crippen molar-refractivity contribution in [1.82, 2.24) is 5.43 Å². The zero-order valence-electron chi connectivity index (χ0n) is 13.2. The summed E-state index contributed by atoms with van der Waals surface area (Å²) in [6.07, 6.45) is 3.39. The normalized spacial score (nSPS) is 15.3. The fourth-order valence-corrected chi connectivity index (χ4v) is 2.82. The Labute approximate surface area is 118 Å². The molecule has 0 aliphatic carbocycles. The molecule has 0 saturated carbocycles. The summed E-state index contributed by atoms with van der Waals surface area (Å²) in [5.41, 5.74) is 6.02. The topological polar surface area (TPSA) is 38.0 Å². The van der Waals surface area contributed by atoms with Crippen LogP contribution in [0.4, 0.5) is 0 Å². The van der Waals surface area contributed by atoms with Crippen LogP contribution in [0.5, 0.6) is 0 Å². The van der Waals surface area contributed by atoms with Crippen molar-refractivity contribution in [3.8, 4) is 0 Å². The van der Waals surface area contributed by atoms with Gasteiger partial charge in [0.1, 0.15) is 0 Å². The molecule has 0 radical (unpaired) electrons. The maximum atomic E-state index is 5.74. The van der Waals surface area contributed by atoms with Crippen LogP contribution in [0.25, 0.3) is 0 Å². The van der Waals surface area contributed by atoms with Crippen molar-refractivity contribution in [2.45, 2.75) is 59.9 Å². The number of hydrogen-bond donors (Lipinski definition) is 2. The second-order valence-corrected chi connectivity index (χ2v) is 6.92. The van der Waals surface area contributed by atoms with Crippen LogP contribution < -0.4 is 11.3 Å². The second kappa shape index (κ2) is 7.06. The Balaban J connectivity index is 2.66. The van der Waals surface area contributed by atoms with Crippen LogP contribution in [0.2, 0.25) is 0 Å². The average molecular weight is 262 g/mol. The highest BCUT2D eigenvalue weighted by Gasteiger charge is 2.19. The van der Waals surface area contributed by atoms with Crippen LogP contribution in [0, 0.1) is 11.3 Å². The fraction of sp³-hybridized carbons (Fsp3) is 0.647. The molecular weight excluding hydrogens is 232 g/mol. The molecule has 1 rings (SSSR count). The molecule has 0 aromatic heterocycles. The van der Waals surface area contributed by atoms with Gasteiger partial charge in [0.05, 0.1) is 0 Å². The summed E-state index contributed by atoms with van der Waals surface area (Å²) in [4.78, 5) is 0. The maximum Gasteiger partial charge on any atom is 0.0462 e. The van der Waals surface area contributed by atoms with Gasteiger partial charge in [-0.05, 0) is 41.7 Å². The molecule has 2 nitrogen and oxygen atoms in total. The van der Waals surface area contributed by atoms with Gasteiger partial charge in [-0.1, -0.05) is 58.9 Å². The quantitative estimate of drug-likeness (QED) is 0.595. The summed E-state index contributed by atoms with van der Waals surface area (Å²) in [5, 5.41) is 0. The Morgan fingerprint density at radius 2 is 1.74 bits per heavy atom. The molecular formula is C17H30N2. The van der Waals surface area contributed by atoms with Crippen molar-refractivity contribution < 1.29 is 0 Å². The molecule has 0 spiro atoms. The SMILES string of the molecule is CCc1ccc(C(CC(C)CC(C)(C)C)NN)cc1. The van der Waals surface area contributed by atoms with Gasteiger partial charge in [0.25, 0.3) is 0 Å². The number of rotatable bonds is 6. The van der Waals surface area contributed by atoms with Crippen LogP contribution in [0.15, 0.2) is 24.3 Å². The van der Waals surface area contributed by atoms with Gasteiger partial charge in [-0.25, -0.2) is 0 Å². The highest BCUT2D eigenvalue weighted by molar-refractivity contribution is 5.25. The summed E-state index contributed by atoms with van der Waals surface area (Å²) < 4.78 is 0. The molecule has 0 saturated heterocycles. The molecule has 1 aromatic carbocycles. The molecule has 19 heavy (non-hydrogen) atoms. The summed E-state index contributed by atoms with van der Waals surface area (Å²) >= 11 is 0. The van der Waals surface area contributed by atoms with Crippen molar-refractivity contribution in [2.75, 3.05) is 0 Å². The average Bonchev–Trinajstić information content (AvgIpc) is 2.34. The molecule has 0 bridgehead atoms. The van der Waals surface area contributed by atoms with E-state index in [1.807, 2.05) is 0 Å². The van der Waals surface area contributed by atoms with E-state index in [0.717, 1.165) is 12.8 Å². The third-order valence-corrected chi connectivity index (χ3v) is 3.59. The minimum Gasteiger partial charge on any atom is -0.271 e. The van der Waals surface area contributed by atoms with Gasteiger partial charge in [-0.3, -0.25) is 11.3 Å². The third-order valence-electron chi connectivity index (χ3n) is 3.59. The molecule has 2 unspecified atom stereocenters. The Kier molecular flexibility index (Phi) is 6.02. The Morgan fingerprint density at radius 3 is 2.16 bits per heavy atom.